The molecule has 11 heteroatoms. The Morgan fingerprint density at radius 2 is 1.89 bits per heavy atom. The van der Waals surface area contributed by atoms with Crippen LogP contribution in [0.3, 0.4) is 0 Å². The molecular weight excluding hydrogens is 488 g/mol. The summed E-state index contributed by atoms with van der Waals surface area (Å²) in [6.07, 6.45) is 1.02. The number of nitrogens with zero attached hydrogens (tertiary/aromatic N) is 2. The molecule has 2 aromatic carbocycles. The van der Waals surface area contributed by atoms with Gasteiger partial charge in [-0.25, -0.2) is 18.2 Å². The van der Waals surface area contributed by atoms with Crippen LogP contribution in [0.15, 0.2) is 47.4 Å². The molecule has 186 valence electrons. The van der Waals surface area contributed by atoms with Crippen LogP contribution in [0.5, 0.6) is 5.75 Å². The summed E-state index contributed by atoms with van der Waals surface area (Å²) >= 11 is 1.31. The van der Waals surface area contributed by atoms with Crippen LogP contribution >= 0.6 is 11.3 Å². The molecule has 0 atom stereocenters. The van der Waals surface area contributed by atoms with Gasteiger partial charge >= 0.3 is 6.09 Å². The number of nitrogens with two attached hydrogens (primary N) is 1. The van der Waals surface area contributed by atoms with Gasteiger partial charge in [0.2, 0.25) is 0 Å². The number of thiazole rings is 1. The lowest BCUT2D eigenvalue weighted by Gasteiger charge is -2.30. The van der Waals surface area contributed by atoms with Gasteiger partial charge in [0.05, 0.1) is 15.5 Å². The van der Waals surface area contributed by atoms with Crippen molar-refractivity contribution in [2.75, 3.05) is 30.2 Å². The number of anilines is 2. The van der Waals surface area contributed by atoms with Gasteiger partial charge in [0.1, 0.15) is 5.75 Å². The van der Waals surface area contributed by atoms with Crippen molar-refractivity contribution >= 4 is 38.3 Å². The minimum Gasteiger partial charge on any atom is -0.410 e. The molecule has 35 heavy (non-hydrogen) atoms. The molecule has 1 saturated heterocycles. The van der Waals surface area contributed by atoms with Crippen LogP contribution in [0, 0.1) is 19.8 Å². The Bertz CT molecular complexity index is 1310. The summed E-state index contributed by atoms with van der Waals surface area (Å²) in [7, 11) is -3.87. The Morgan fingerprint density at radius 3 is 2.49 bits per heavy atom. The van der Waals surface area contributed by atoms with E-state index in [1.807, 2.05) is 13.0 Å². The average molecular weight is 517 g/mol. The second-order valence-electron chi connectivity index (χ2n) is 8.56. The second kappa shape index (κ2) is 10.2. The number of likely N-dealkylation sites (tertiary alicyclic amines) is 1. The first-order chi connectivity index (χ1) is 16.7. The summed E-state index contributed by atoms with van der Waals surface area (Å²) in [4.78, 5) is 19.2. The van der Waals surface area contributed by atoms with E-state index in [0.29, 0.717) is 35.2 Å². The number of ether oxygens (including phenoxy) is 1. The maximum absolute atomic E-state index is 13.2. The van der Waals surface area contributed by atoms with E-state index in [0.717, 1.165) is 29.0 Å². The summed E-state index contributed by atoms with van der Waals surface area (Å²) in [5.41, 5.74) is 8.23. The highest BCUT2D eigenvalue weighted by atomic mass is 32.2. The first-order valence-electron chi connectivity index (χ1n) is 11.2. The van der Waals surface area contributed by atoms with Crippen molar-refractivity contribution in [1.29, 1.82) is 0 Å². The minimum atomic E-state index is -3.87. The van der Waals surface area contributed by atoms with Gasteiger partial charge in [0.15, 0.2) is 5.13 Å². The van der Waals surface area contributed by atoms with Gasteiger partial charge in [0, 0.05) is 25.4 Å². The fraction of sp³-hybridized carbons (Fsp3) is 0.333. The van der Waals surface area contributed by atoms with E-state index < -0.39 is 16.1 Å². The zero-order chi connectivity index (χ0) is 25.2. The van der Waals surface area contributed by atoms with Gasteiger partial charge in [-0.15, -0.1) is 0 Å². The predicted molar refractivity (Wildman–Crippen MR) is 136 cm³/mol. The molecule has 4 rings (SSSR count). The van der Waals surface area contributed by atoms with Crippen LogP contribution in [0.2, 0.25) is 0 Å². The number of amides is 1. The number of carbonyl (C=O) groups is 1. The molecule has 0 spiro atoms. The van der Waals surface area contributed by atoms with Gasteiger partial charge in [-0.1, -0.05) is 23.5 Å². The van der Waals surface area contributed by atoms with E-state index in [1.165, 1.54) is 11.3 Å². The topological polar surface area (TPSA) is 135 Å². The number of nitrogen functional groups attached to an aromatic ring is 1. The molecule has 1 fully saturated rings. The number of carbonyl (C=O) groups excluding carboxylic acids is 1. The van der Waals surface area contributed by atoms with Crippen LogP contribution in [-0.4, -0.2) is 49.2 Å². The number of aliphatic hydroxyl groups is 1. The molecule has 3 aromatic rings. The van der Waals surface area contributed by atoms with Gasteiger partial charge in [-0.3, -0.25) is 4.72 Å². The number of hydrogen-bond donors (Lipinski definition) is 3. The van der Waals surface area contributed by atoms with E-state index in [1.54, 1.807) is 48.2 Å². The SMILES string of the molecule is Cc1ccc(-c2sc(N)nc2C)cc1S(=O)(=O)Nc1ccc(OC(=O)N2CCC(CO)CC2)cc1. The smallest absolute Gasteiger partial charge is 0.410 e. The largest absolute Gasteiger partial charge is 0.415 e. The van der Waals surface area contributed by atoms with Gasteiger partial charge in [-0.2, -0.15) is 0 Å². The lowest BCUT2D eigenvalue weighted by molar-refractivity contribution is 0.112. The van der Waals surface area contributed by atoms with Gasteiger partial charge in [-0.05, 0) is 74.1 Å². The third-order valence-electron chi connectivity index (χ3n) is 6.00. The molecule has 0 saturated carbocycles. The van der Waals surface area contributed by atoms with Crippen molar-refractivity contribution in [1.82, 2.24) is 9.88 Å². The lowest BCUT2D eigenvalue weighted by atomic mass is 9.98. The van der Waals surface area contributed by atoms with Crippen LogP contribution in [0.1, 0.15) is 24.1 Å². The number of aliphatic hydroxyl groups excluding tert-OH is 1. The Labute approximate surface area is 208 Å². The predicted octanol–water partition coefficient (Wildman–Crippen LogP) is 4.01. The van der Waals surface area contributed by atoms with Gasteiger partial charge < -0.3 is 20.5 Å². The van der Waals surface area contributed by atoms with E-state index in [4.69, 9.17) is 10.5 Å². The number of rotatable bonds is 6. The number of sulfonamides is 1. The molecule has 0 aliphatic carbocycles. The second-order valence-corrected chi connectivity index (χ2v) is 11.2. The maximum Gasteiger partial charge on any atom is 0.415 e. The third-order valence-corrected chi connectivity index (χ3v) is 8.55. The number of aromatic nitrogens is 1. The summed E-state index contributed by atoms with van der Waals surface area (Å²) in [5, 5.41) is 9.66. The van der Waals surface area contributed by atoms with Crippen molar-refractivity contribution < 1.29 is 23.1 Å². The van der Waals surface area contributed by atoms with Gasteiger partial charge in [0.25, 0.3) is 10.0 Å². The molecule has 0 unspecified atom stereocenters. The van der Waals surface area contributed by atoms with E-state index in [2.05, 4.69) is 9.71 Å². The van der Waals surface area contributed by atoms with E-state index in [-0.39, 0.29) is 17.4 Å². The van der Waals surface area contributed by atoms with Crippen molar-refractivity contribution in [3.8, 4) is 16.2 Å². The molecular formula is C24H28N4O5S2. The van der Waals surface area contributed by atoms with Crippen LogP contribution in [-0.2, 0) is 10.0 Å². The van der Waals surface area contributed by atoms with Crippen LogP contribution in [0.4, 0.5) is 15.6 Å². The third kappa shape index (κ3) is 5.75. The number of piperidine rings is 1. The lowest BCUT2D eigenvalue weighted by Crippen LogP contribution is -2.40. The number of benzene rings is 2. The van der Waals surface area contributed by atoms with Crippen molar-refractivity contribution in [2.24, 2.45) is 5.92 Å². The quantitative estimate of drug-likeness (QED) is 0.450. The van der Waals surface area contributed by atoms with Crippen molar-refractivity contribution in [2.45, 2.75) is 31.6 Å². The molecule has 0 bridgehead atoms. The number of aryl methyl sites for hydroxylation is 2. The summed E-state index contributed by atoms with van der Waals surface area (Å²) < 4.78 is 34.3. The average Bonchev–Trinajstić information content (AvgIpc) is 3.18. The standard InChI is InChI=1S/C24H28N4O5S2/c1-15-3-4-18(22-16(2)26-23(25)34-22)13-21(15)35(31,32)27-19-5-7-20(8-6-19)33-24(30)28-11-9-17(14-29)10-12-28/h3-8,13,17,27,29H,9-12,14H2,1-2H3,(H2,25,26). The summed E-state index contributed by atoms with van der Waals surface area (Å²) in [5.74, 6) is 0.540. The Kier molecular flexibility index (Phi) is 7.29. The Morgan fingerprint density at radius 1 is 1.20 bits per heavy atom. The minimum absolute atomic E-state index is 0.129. The molecule has 1 aromatic heterocycles. The fourth-order valence-electron chi connectivity index (χ4n) is 3.98. The highest BCUT2D eigenvalue weighted by Crippen LogP contribution is 2.34. The van der Waals surface area contributed by atoms with Crippen molar-refractivity contribution in [3.05, 3.63) is 53.7 Å². The Balaban J connectivity index is 1.45. The normalized spacial score (nSPS) is 14.7. The highest BCUT2D eigenvalue weighted by molar-refractivity contribution is 7.92. The molecule has 0 radical (unpaired) electrons. The molecule has 1 aliphatic heterocycles. The zero-order valence-corrected chi connectivity index (χ0v) is 21.2. The number of nitrogens with one attached hydrogen (secondary N) is 1. The molecule has 2 heterocycles. The molecule has 1 aliphatic rings. The molecule has 9 nitrogen and oxygen atoms in total. The number of hydrogen-bond acceptors (Lipinski definition) is 8. The Hall–Kier alpha value is -3.15. The molecule has 1 amide bonds. The molecule has 4 N–H and O–H groups in total. The van der Waals surface area contributed by atoms with E-state index >= 15 is 0 Å². The summed E-state index contributed by atoms with van der Waals surface area (Å²) in [6.45, 7) is 4.77. The fourth-order valence-corrected chi connectivity index (χ4v) is 6.14. The highest BCUT2D eigenvalue weighted by Gasteiger charge is 2.24. The summed E-state index contributed by atoms with van der Waals surface area (Å²) in [6, 6.07) is 11.4. The van der Waals surface area contributed by atoms with Crippen LogP contribution in [0.25, 0.3) is 10.4 Å². The zero-order valence-electron chi connectivity index (χ0n) is 19.5. The monoisotopic (exact) mass is 516 g/mol. The first kappa shape index (κ1) is 25.0. The first-order valence-corrected chi connectivity index (χ1v) is 13.5. The van der Waals surface area contributed by atoms with E-state index in [9.17, 15) is 18.3 Å². The van der Waals surface area contributed by atoms with Crippen LogP contribution < -0.4 is 15.2 Å². The van der Waals surface area contributed by atoms with Crippen molar-refractivity contribution in [3.63, 3.8) is 0 Å². The maximum atomic E-state index is 13.2.